The minimum Gasteiger partial charge on any atom is -0.452 e. The first-order valence-electron chi connectivity index (χ1n) is 13.1. The van der Waals surface area contributed by atoms with E-state index in [0.29, 0.717) is 39.7 Å². The summed E-state index contributed by atoms with van der Waals surface area (Å²) in [5.41, 5.74) is 3.59. The molecule has 0 fully saturated rings. The second kappa shape index (κ2) is 10.3. The molecule has 0 N–H and O–H groups in total. The van der Waals surface area contributed by atoms with Crippen molar-refractivity contribution < 1.29 is 22.8 Å². The van der Waals surface area contributed by atoms with Gasteiger partial charge in [0.15, 0.2) is 23.1 Å². The van der Waals surface area contributed by atoms with Gasteiger partial charge in [0.25, 0.3) is 5.56 Å². The largest absolute Gasteiger partial charge is 0.452 e. The van der Waals surface area contributed by atoms with E-state index in [9.17, 15) is 14.0 Å². The van der Waals surface area contributed by atoms with Crippen LogP contribution < -0.4 is 10.3 Å². The second-order valence-corrected chi connectivity index (χ2v) is 9.96. The Morgan fingerprint density at radius 3 is 2.45 bits per heavy atom. The maximum atomic E-state index is 15.3. The monoisotopic (exact) mass is 569 g/mol. The van der Waals surface area contributed by atoms with Gasteiger partial charge in [0, 0.05) is 42.6 Å². The molecule has 4 aromatic heterocycles. The minimum absolute atomic E-state index is 0.0122. The van der Waals surface area contributed by atoms with Crippen molar-refractivity contribution >= 4 is 11.3 Å². The van der Waals surface area contributed by atoms with Gasteiger partial charge < -0.3 is 9.26 Å². The van der Waals surface area contributed by atoms with Gasteiger partial charge in [-0.15, -0.1) is 0 Å². The zero-order chi connectivity index (χ0) is 29.7. The van der Waals surface area contributed by atoms with Gasteiger partial charge in [0.2, 0.25) is 0 Å². The fourth-order valence-electron chi connectivity index (χ4n) is 5.20. The zero-order valence-corrected chi connectivity index (χ0v) is 23.2. The summed E-state index contributed by atoms with van der Waals surface area (Å²) in [6.45, 7) is 5.30. The molecule has 0 atom stereocenters. The topological polar surface area (TPSA) is 96.6 Å². The smallest absolute Gasteiger partial charge is 0.282 e. The van der Waals surface area contributed by atoms with Gasteiger partial charge in [-0.2, -0.15) is 5.10 Å². The number of hydrogen-bond acceptors (Lipinski definition) is 6. The number of ketones is 1. The summed E-state index contributed by atoms with van der Waals surface area (Å²) < 4.78 is 44.5. The quantitative estimate of drug-likeness (QED) is 0.222. The molecule has 0 aliphatic carbocycles. The molecule has 2 aromatic carbocycles. The Morgan fingerprint density at radius 2 is 1.76 bits per heavy atom. The normalized spacial score (nSPS) is 11.4. The summed E-state index contributed by atoms with van der Waals surface area (Å²) >= 11 is 0. The third-order valence-electron chi connectivity index (χ3n) is 7.30. The maximum absolute atomic E-state index is 15.3. The number of ether oxygens (including phenoxy) is 1. The van der Waals surface area contributed by atoms with Crippen molar-refractivity contribution in [2.45, 2.75) is 27.2 Å². The van der Waals surface area contributed by atoms with Crippen molar-refractivity contribution in [3.05, 3.63) is 117 Å². The molecular weight excluding hydrogens is 544 g/mol. The van der Waals surface area contributed by atoms with Crippen LogP contribution in [0, 0.1) is 32.4 Å². The van der Waals surface area contributed by atoms with Gasteiger partial charge in [0.1, 0.15) is 22.7 Å². The summed E-state index contributed by atoms with van der Waals surface area (Å²) in [4.78, 5) is 26.5. The molecular formula is C31H25F2N5O4. The fourth-order valence-corrected chi connectivity index (χ4v) is 5.20. The second-order valence-electron chi connectivity index (χ2n) is 9.96. The average molecular weight is 570 g/mol. The Balaban J connectivity index is 1.28. The van der Waals surface area contributed by atoms with Crippen LogP contribution >= 0.6 is 0 Å². The number of fused-ring (bicyclic) bond motifs is 1. The zero-order valence-electron chi connectivity index (χ0n) is 23.2. The highest BCUT2D eigenvalue weighted by Gasteiger charge is 2.23. The van der Waals surface area contributed by atoms with Gasteiger partial charge >= 0.3 is 0 Å². The van der Waals surface area contributed by atoms with Crippen molar-refractivity contribution in [1.82, 2.24) is 24.1 Å². The van der Waals surface area contributed by atoms with Crippen LogP contribution in [-0.4, -0.2) is 29.9 Å². The predicted octanol–water partition coefficient (Wildman–Crippen LogP) is 5.90. The molecule has 212 valence electrons. The Hall–Kier alpha value is -5.32. The third kappa shape index (κ3) is 4.48. The highest BCUT2D eigenvalue weighted by Crippen LogP contribution is 2.37. The van der Waals surface area contributed by atoms with E-state index < -0.39 is 23.0 Å². The molecule has 0 saturated heterocycles. The molecule has 42 heavy (non-hydrogen) atoms. The number of benzene rings is 2. The molecule has 0 radical (unpaired) electrons. The standard InChI is InChI=1S/C31H25F2N5O4/c1-17-28(19(3)42-35-17)23-12-14-37-30(23)27(11-13-34-37)41-26-10-5-20(15-24(26)33)16-25(39)29-18(2)36(4)38(31(29)40)22-8-6-21(32)7-9-22/h5-15H,16H2,1-4H3. The van der Waals surface area contributed by atoms with Gasteiger partial charge in [-0.1, -0.05) is 11.2 Å². The Morgan fingerprint density at radius 1 is 1.00 bits per heavy atom. The van der Waals surface area contributed by atoms with Crippen LogP contribution in [0.3, 0.4) is 0 Å². The number of hydrogen-bond donors (Lipinski definition) is 0. The van der Waals surface area contributed by atoms with Crippen LogP contribution in [0.4, 0.5) is 8.78 Å². The van der Waals surface area contributed by atoms with E-state index in [-0.39, 0.29) is 17.7 Å². The van der Waals surface area contributed by atoms with Crippen molar-refractivity contribution in [3.8, 4) is 28.3 Å². The molecule has 0 spiro atoms. The fraction of sp³-hybridized carbons (Fsp3) is 0.161. The van der Waals surface area contributed by atoms with Crippen LogP contribution in [0.15, 0.2) is 76.3 Å². The summed E-state index contributed by atoms with van der Waals surface area (Å²) in [7, 11) is 1.64. The lowest BCUT2D eigenvalue weighted by molar-refractivity contribution is 0.0991. The molecule has 0 bridgehead atoms. The van der Waals surface area contributed by atoms with E-state index in [2.05, 4.69) is 10.3 Å². The third-order valence-corrected chi connectivity index (χ3v) is 7.30. The van der Waals surface area contributed by atoms with Crippen LogP contribution in [0.1, 0.15) is 33.1 Å². The van der Waals surface area contributed by atoms with E-state index >= 15 is 4.39 Å². The average Bonchev–Trinajstić information content (AvgIpc) is 3.59. The van der Waals surface area contributed by atoms with Gasteiger partial charge in [-0.05, 0) is 68.8 Å². The number of carbonyl (C=O) groups is 1. The van der Waals surface area contributed by atoms with E-state index in [1.165, 1.54) is 45.8 Å². The van der Waals surface area contributed by atoms with Gasteiger partial charge in [-0.25, -0.2) is 18.0 Å². The summed E-state index contributed by atoms with van der Waals surface area (Å²) in [5, 5.41) is 8.35. The Bertz CT molecular complexity index is 2030. The first-order valence-corrected chi connectivity index (χ1v) is 13.1. The van der Waals surface area contributed by atoms with Gasteiger partial charge in [0.05, 0.1) is 17.6 Å². The number of carbonyl (C=O) groups excluding carboxylic acids is 1. The van der Waals surface area contributed by atoms with Crippen molar-refractivity contribution in [3.63, 3.8) is 0 Å². The SMILES string of the molecule is Cc1noc(C)c1-c1ccn2nccc(Oc3ccc(CC(=O)c4c(C)n(C)n(-c5ccc(F)cc5)c4=O)cc3F)c12. The first kappa shape index (κ1) is 26.9. The molecule has 0 saturated carbocycles. The molecule has 0 amide bonds. The maximum Gasteiger partial charge on any atom is 0.282 e. The van der Waals surface area contributed by atoms with Crippen LogP contribution in [0.5, 0.6) is 11.5 Å². The van der Waals surface area contributed by atoms with Gasteiger partial charge in [-0.3, -0.25) is 14.3 Å². The summed E-state index contributed by atoms with van der Waals surface area (Å²) in [5.74, 6) is -0.613. The number of halogens is 2. The Kier molecular flexibility index (Phi) is 6.56. The summed E-state index contributed by atoms with van der Waals surface area (Å²) in [6.07, 6.45) is 3.12. The molecule has 11 heteroatoms. The van der Waals surface area contributed by atoms with E-state index in [4.69, 9.17) is 9.26 Å². The first-order chi connectivity index (χ1) is 20.1. The van der Waals surface area contributed by atoms with Crippen molar-refractivity contribution in [2.24, 2.45) is 7.05 Å². The lowest BCUT2D eigenvalue weighted by Crippen LogP contribution is -2.23. The predicted molar refractivity (Wildman–Crippen MR) is 150 cm³/mol. The molecule has 4 heterocycles. The Labute approximate surface area is 238 Å². The summed E-state index contributed by atoms with van der Waals surface area (Å²) in [6, 6.07) is 13.1. The van der Waals surface area contributed by atoms with E-state index in [1.54, 1.807) is 43.0 Å². The van der Waals surface area contributed by atoms with Crippen molar-refractivity contribution in [2.75, 3.05) is 0 Å². The minimum atomic E-state index is -0.672. The lowest BCUT2D eigenvalue weighted by Gasteiger charge is -2.11. The molecule has 0 aliphatic heterocycles. The van der Waals surface area contributed by atoms with E-state index in [0.717, 1.165) is 11.1 Å². The number of Topliss-reactive ketones (excluding diaryl/α,β-unsaturated/α-hetero) is 1. The molecule has 0 aliphatic rings. The number of aromatic nitrogens is 5. The van der Waals surface area contributed by atoms with E-state index in [1.807, 2.05) is 19.9 Å². The number of rotatable bonds is 7. The highest BCUT2D eigenvalue weighted by atomic mass is 19.1. The lowest BCUT2D eigenvalue weighted by atomic mass is 10.0. The van der Waals surface area contributed by atoms with Crippen LogP contribution in [-0.2, 0) is 13.5 Å². The van der Waals surface area contributed by atoms with Crippen molar-refractivity contribution in [1.29, 1.82) is 0 Å². The number of aryl methyl sites for hydroxylation is 2. The number of nitrogens with zero attached hydrogens (tertiary/aromatic N) is 5. The molecule has 0 unspecified atom stereocenters. The molecule has 6 aromatic rings. The molecule has 9 nitrogen and oxygen atoms in total. The van der Waals surface area contributed by atoms with Crippen LogP contribution in [0.25, 0.3) is 22.3 Å². The highest BCUT2D eigenvalue weighted by molar-refractivity contribution is 5.98. The molecule has 6 rings (SSSR count). The van der Waals surface area contributed by atoms with Crippen LogP contribution in [0.2, 0.25) is 0 Å².